The second-order valence-electron chi connectivity index (χ2n) is 4.18. The van der Waals surface area contributed by atoms with E-state index in [4.69, 9.17) is 4.74 Å². The molecule has 1 aliphatic rings. The fraction of sp³-hybridized carbons (Fsp3) is 0.900. The van der Waals surface area contributed by atoms with Crippen LogP contribution in [0.4, 0.5) is 0 Å². The van der Waals surface area contributed by atoms with Crippen molar-refractivity contribution in [2.24, 2.45) is 0 Å². The number of nitrogens with zero attached hydrogens (tertiary/aromatic N) is 4. The number of ether oxygens (including phenoxy) is 1. The van der Waals surface area contributed by atoms with Crippen molar-refractivity contribution in [3.8, 4) is 0 Å². The van der Waals surface area contributed by atoms with E-state index in [1.165, 1.54) is 0 Å². The number of hydrogen-bond donors (Lipinski definition) is 1. The summed E-state index contributed by atoms with van der Waals surface area (Å²) in [6.45, 7) is 6.63. The van der Waals surface area contributed by atoms with Crippen LogP contribution in [-0.4, -0.2) is 39.5 Å². The van der Waals surface area contributed by atoms with Gasteiger partial charge in [0.15, 0.2) is 5.82 Å². The Morgan fingerprint density at radius 1 is 1.56 bits per heavy atom. The van der Waals surface area contributed by atoms with Crippen LogP contribution in [0.1, 0.15) is 38.6 Å². The summed E-state index contributed by atoms with van der Waals surface area (Å²) in [5, 5.41) is 15.1. The third-order valence-corrected chi connectivity index (χ3v) is 2.90. The molecular weight excluding hydrogens is 206 g/mol. The molecule has 2 heterocycles. The van der Waals surface area contributed by atoms with E-state index in [-0.39, 0.29) is 0 Å². The van der Waals surface area contributed by atoms with Gasteiger partial charge in [-0.1, -0.05) is 6.92 Å². The molecule has 2 rings (SSSR count). The molecule has 0 saturated carbocycles. The number of nitrogens with one attached hydrogen (secondary N) is 1. The molecule has 1 saturated heterocycles. The quantitative estimate of drug-likeness (QED) is 0.809. The number of hydrogen-bond acceptors (Lipinski definition) is 5. The van der Waals surface area contributed by atoms with Crippen LogP contribution in [0.5, 0.6) is 0 Å². The molecule has 2 unspecified atom stereocenters. The van der Waals surface area contributed by atoms with E-state index in [0.29, 0.717) is 12.1 Å². The third kappa shape index (κ3) is 2.56. The Labute approximate surface area is 95.4 Å². The lowest BCUT2D eigenvalue weighted by Gasteiger charge is -2.27. The average Bonchev–Trinajstić information content (AvgIpc) is 2.74. The van der Waals surface area contributed by atoms with Crippen molar-refractivity contribution in [3.63, 3.8) is 0 Å². The third-order valence-electron chi connectivity index (χ3n) is 2.90. The highest BCUT2D eigenvalue weighted by Gasteiger charge is 2.23. The first-order valence-corrected chi connectivity index (χ1v) is 5.90. The molecule has 1 aliphatic heterocycles. The molecule has 1 aromatic heterocycles. The molecule has 0 spiro atoms. The van der Waals surface area contributed by atoms with Crippen LogP contribution in [0.2, 0.25) is 0 Å². The van der Waals surface area contributed by atoms with Gasteiger partial charge in [0.2, 0.25) is 0 Å². The maximum absolute atomic E-state index is 5.53. The first kappa shape index (κ1) is 11.5. The zero-order valence-corrected chi connectivity index (χ0v) is 9.89. The molecule has 0 radical (unpaired) electrons. The van der Waals surface area contributed by atoms with E-state index < -0.39 is 0 Å². The van der Waals surface area contributed by atoms with Gasteiger partial charge >= 0.3 is 0 Å². The minimum absolute atomic E-state index is 0.301. The van der Waals surface area contributed by atoms with Gasteiger partial charge in [0, 0.05) is 6.61 Å². The first-order chi connectivity index (χ1) is 7.81. The van der Waals surface area contributed by atoms with Crippen molar-refractivity contribution < 1.29 is 4.74 Å². The van der Waals surface area contributed by atoms with Crippen LogP contribution in [-0.2, 0) is 11.3 Å². The van der Waals surface area contributed by atoms with Gasteiger partial charge in [-0.2, -0.15) is 0 Å². The number of rotatable bonds is 4. The van der Waals surface area contributed by atoms with E-state index in [2.05, 4.69) is 34.7 Å². The average molecular weight is 225 g/mol. The second kappa shape index (κ2) is 5.36. The summed E-state index contributed by atoms with van der Waals surface area (Å²) in [6, 6.07) is 0.382. The molecule has 0 bridgehead atoms. The summed E-state index contributed by atoms with van der Waals surface area (Å²) < 4.78 is 7.48. The number of aromatic nitrogens is 4. The van der Waals surface area contributed by atoms with Gasteiger partial charge in [0.1, 0.15) is 0 Å². The largest absolute Gasteiger partial charge is 0.378 e. The smallest absolute Gasteiger partial charge is 0.165 e. The monoisotopic (exact) mass is 225 g/mol. The minimum Gasteiger partial charge on any atom is -0.378 e. The van der Waals surface area contributed by atoms with Gasteiger partial charge in [-0.25, -0.2) is 4.68 Å². The van der Waals surface area contributed by atoms with Gasteiger partial charge in [-0.05, 0) is 36.7 Å². The SMILES string of the molecule is CCNCc1nnnn1C1CCOC(C)C1. The molecule has 1 N–H and O–H groups in total. The molecule has 0 aromatic carbocycles. The van der Waals surface area contributed by atoms with Gasteiger partial charge in [-0.3, -0.25) is 0 Å². The van der Waals surface area contributed by atoms with E-state index in [1.807, 2.05) is 4.68 Å². The Hall–Kier alpha value is -1.01. The van der Waals surface area contributed by atoms with Gasteiger partial charge < -0.3 is 10.1 Å². The van der Waals surface area contributed by atoms with Crippen LogP contribution in [0.3, 0.4) is 0 Å². The van der Waals surface area contributed by atoms with Crippen LogP contribution in [0.15, 0.2) is 0 Å². The molecular formula is C10H19N5O. The summed E-state index contributed by atoms with van der Waals surface area (Å²) in [4.78, 5) is 0. The molecule has 1 aromatic rings. The molecule has 6 nitrogen and oxygen atoms in total. The van der Waals surface area contributed by atoms with Crippen molar-refractivity contribution in [3.05, 3.63) is 5.82 Å². The zero-order chi connectivity index (χ0) is 11.4. The molecule has 6 heteroatoms. The highest BCUT2D eigenvalue weighted by Crippen LogP contribution is 2.24. The summed E-state index contributed by atoms with van der Waals surface area (Å²) in [6.07, 6.45) is 2.29. The molecule has 2 atom stereocenters. The molecule has 90 valence electrons. The number of tetrazole rings is 1. The van der Waals surface area contributed by atoms with Crippen molar-refractivity contribution in [2.45, 2.75) is 45.4 Å². The standard InChI is InChI=1S/C10H19N5O/c1-3-11-7-10-12-13-14-15(10)9-4-5-16-8(2)6-9/h8-9,11H,3-7H2,1-2H3. The fourth-order valence-corrected chi connectivity index (χ4v) is 2.05. The van der Waals surface area contributed by atoms with E-state index >= 15 is 0 Å². The van der Waals surface area contributed by atoms with Gasteiger partial charge in [-0.15, -0.1) is 5.10 Å². The summed E-state index contributed by atoms with van der Waals surface area (Å²) >= 11 is 0. The lowest BCUT2D eigenvalue weighted by atomic mass is 10.0. The molecule has 0 aliphatic carbocycles. The van der Waals surface area contributed by atoms with Crippen LogP contribution < -0.4 is 5.32 Å². The Balaban J connectivity index is 2.04. The Morgan fingerprint density at radius 2 is 2.44 bits per heavy atom. The molecule has 0 amide bonds. The second-order valence-corrected chi connectivity index (χ2v) is 4.18. The summed E-state index contributed by atoms with van der Waals surface area (Å²) in [7, 11) is 0. The highest BCUT2D eigenvalue weighted by atomic mass is 16.5. The highest BCUT2D eigenvalue weighted by molar-refractivity contribution is 4.85. The van der Waals surface area contributed by atoms with E-state index in [1.54, 1.807) is 0 Å². The predicted octanol–water partition coefficient (Wildman–Crippen LogP) is 0.523. The first-order valence-electron chi connectivity index (χ1n) is 5.90. The van der Waals surface area contributed by atoms with Gasteiger partial charge in [0.05, 0.1) is 18.7 Å². The van der Waals surface area contributed by atoms with Gasteiger partial charge in [0.25, 0.3) is 0 Å². The van der Waals surface area contributed by atoms with Crippen molar-refractivity contribution in [1.82, 2.24) is 25.5 Å². The predicted molar refractivity (Wildman–Crippen MR) is 58.9 cm³/mol. The normalized spacial score (nSPS) is 25.9. The minimum atomic E-state index is 0.301. The maximum atomic E-state index is 5.53. The topological polar surface area (TPSA) is 64.9 Å². The van der Waals surface area contributed by atoms with E-state index in [9.17, 15) is 0 Å². The molecule has 16 heavy (non-hydrogen) atoms. The summed E-state index contributed by atoms with van der Waals surface area (Å²) in [5.74, 6) is 0.918. The van der Waals surface area contributed by atoms with E-state index in [0.717, 1.165) is 38.4 Å². The Bertz CT molecular complexity index is 327. The molecule has 1 fully saturated rings. The fourth-order valence-electron chi connectivity index (χ4n) is 2.05. The Morgan fingerprint density at radius 3 is 3.19 bits per heavy atom. The van der Waals surface area contributed by atoms with Crippen molar-refractivity contribution in [2.75, 3.05) is 13.2 Å². The van der Waals surface area contributed by atoms with Crippen LogP contribution in [0.25, 0.3) is 0 Å². The Kier molecular flexibility index (Phi) is 3.84. The summed E-state index contributed by atoms with van der Waals surface area (Å²) in [5.41, 5.74) is 0. The van der Waals surface area contributed by atoms with Crippen molar-refractivity contribution in [1.29, 1.82) is 0 Å². The maximum Gasteiger partial charge on any atom is 0.165 e. The lowest BCUT2D eigenvalue weighted by molar-refractivity contribution is 0.00249. The van der Waals surface area contributed by atoms with Crippen LogP contribution >= 0.6 is 0 Å². The van der Waals surface area contributed by atoms with Crippen LogP contribution in [0, 0.1) is 0 Å². The zero-order valence-electron chi connectivity index (χ0n) is 9.89. The lowest BCUT2D eigenvalue weighted by Crippen LogP contribution is -2.28. The van der Waals surface area contributed by atoms with Crippen molar-refractivity contribution >= 4 is 0 Å².